The van der Waals surface area contributed by atoms with Crippen molar-refractivity contribution in [1.29, 1.82) is 0 Å². The Morgan fingerprint density at radius 3 is 2.42 bits per heavy atom. The van der Waals surface area contributed by atoms with Gasteiger partial charge in [0.05, 0.1) is 5.56 Å². The second-order valence-corrected chi connectivity index (χ2v) is 7.35. The number of nitrogens with two attached hydrogens (primary N) is 1. The zero-order chi connectivity index (χ0) is 14.4. The summed E-state index contributed by atoms with van der Waals surface area (Å²) in [5.74, 6) is 0.412. The number of rotatable bonds is 3. The highest BCUT2D eigenvalue weighted by Crippen LogP contribution is 2.67. The van der Waals surface area contributed by atoms with Gasteiger partial charge >= 0.3 is 0 Å². The van der Waals surface area contributed by atoms with E-state index in [1.165, 1.54) is 0 Å². The van der Waals surface area contributed by atoms with Crippen LogP contribution in [0.2, 0.25) is 0 Å². The molecule has 0 saturated heterocycles. The van der Waals surface area contributed by atoms with Crippen LogP contribution < -0.4 is 11.1 Å². The van der Waals surface area contributed by atoms with Crippen molar-refractivity contribution in [3.63, 3.8) is 0 Å². The third-order valence-electron chi connectivity index (χ3n) is 5.05. The monoisotopic (exact) mass is 324 g/mol. The first-order valence-corrected chi connectivity index (χ1v) is 7.30. The molecular weight excluding hydrogens is 304 g/mol. The number of carbonyl (C=O) groups excluding carboxylic acids is 1. The molecule has 0 heterocycles. The Labute approximate surface area is 123 Å². The number of halogens is 1. The molecule has 1 aliphatic rings. The molecule has 0 atom stereocenters. The van der Waals surface area contributed by atoms with Crippen LogP contribution in [0.4, 0.5) is 5.69 Å². The predicted molar refractivity (Wildman–Crippen MR) is 81.9 cm³/mol. The van der Waals surface area contributed by atoms with Crippen molar-refractivity contribution in [2.75, 3.05) is 12.3 Å². The van der Waals surface area contributed by atoms with E-state index in [-0.39, 0.29) is 16.7 Å². The molecule has 0 bridgehead atoms. The van der Waals surface area contributed by atoms with E-state index in [2.05, 4.69) is 48.9 Å². The minimum Gasteiger partial charge on any atom is -0.398 e. The maximum atomic E-state index is 12.2. The van der Waals surface area contributed by atoms with Crippen molar-refractivity contribution in [2.45, 2.75) is 27.7 Å². The van der Waals surface area contributed by atoms with Crippen LogP contribution >= 0.6 is 15.9 Å². The molecule has 1 fully saturated rings. The van der Waals surface area contributed by atoms with Gasteiger partial charge in [-0.2, -0.15) is 0 Å². The quantitative estimate of drug-likeness (QED) is 0.837. The van der Waals surface area contributed by atoms with Crippen LogP contribution in [-0.2, 0) is 0 Å². The molecule has 1 aromatic rings. The Balaban J connectivity index is 2.02. The first-order chi connectivity index (χ1) is 8.68. The number of nitrogen functional groups attached to an aromatic ring is 1. The number of anilines is 1. The second-order valence-electron chi connectivity index (χ2n) is 6.44. The van der Waals surface area contributed by atoms with E-state index >= 15 is 0 Å². The van der Waals surface area contributed by atoms with Gasteiger partial charge in [0.1, 0.15) is 0 Å². The zero-order valence-corrected chi connectivity index (χ0v) is 13.5. The smallest absolute Gasteiger partial charge is 0.253 e. The summed E-state index contributed by atoms with van der Waals surface area (Å²) < 4.78 is 0.860. The SMILES string of the molecule is CC1(C)C(CNC(=O)c2cc(Br)ccc2N)C1(C)C. The van der Waals surface area contributed by atoms with Crippen molar-refractivity contribution in [3.05, 3.63) is 28.2 Å². The molecule has 0 aromatic heterocycles. The molecule has 1 aliphatic carbocycles. The van der Waals surface area contributed by atoms with Crippen molar-refractivity contribution in [1.82, 2.24) is 5.32 Å². The van der Waals surface area contributed by atoms with Crippen LogP contribution in [0.1, 0.15) is 38.1 Å². The fourth-order valence-electron chi connectivity index (χ4n) is 2.86. The van der Waals surface area contributed by atoms with Crippen LogP contribution in [0.5, 0.6) is 0 Å². The molecule has 3 nitrogen and oxygen atoms in total. The van der Waals surface area contributed by atoms with E-state index in [9.17, 15) is 4.79 Å². The summed E-state index contributed by atoms with van der Waals surface area (Å²) in [6.45, 7) is 9.69. The molecule has 0 unspecified atom stereocenters. The molecule has 4 heteroatoms. The Bertz CT molecular complexity index is 509. The average molecular weight is 325 g/mol. The molecule has 1 aromatic carbocycles. The van der Waals surface area contributed by atoms with Crippen molar-refractivity contribution >= 4 is 27.5 Å². The largest absolute Gasteiger partial charge is 0.398 e. The van der Waals surface area contributed by atoms with E-state index in [0.717, 1.165) is 4.47 Å². The van der Waals surface area contributed by atoms with Gasteiger partial charge in [-0.05, 0) is 34.9 Å². The van der Waals surface area contributed by atoms with Gasteiger partial charge in [-0.3, -0.25) is 4.79 Å². The Morgan fingerprint density at radius 1 is 1.32 bits per heavy atom. The Morgan fingerprint density at radius 2 is 1.89 bits per heavy atom. The van der Waals surface area contributed by atoms with Gasteiger partial charge in [0.25, 0.3) is 5.91 Å². The van der Waals surface area contributed by atoms with Crippen molar-refractivity contribution in [2.24, 2.45) is 16.7 Å². The van der Waals surface area contributed by atoms with Crippen molar-refractivity contribution in [3.8, 4) is 0 Å². The Kier molecular flexibility index (Phi) is 3.42. The number of hydrogen-bond acceptors (Lipinski definition) is 2. The van der Waals surface area contributed by atoms with Crippen LogP contribution in [0.3, 0.4) is 0 Å². The van der Waals surface area contributed by atoms with E-state index in [0.29, 0.717) is 23.7 Å². The number of nitrogens with one attached hydrogen (secondary N) is 1. The van der Waals surface area contributed by atoms with E-state index < -0.39 is 0 Å². The van der Waals surface area contributed by atoms with Crippen LogP contribution in [-0.4, -0.2) is 12.5 Å². The van der Waals surface area contributed by atoms with E-state index in [1.807, 2.05) is 6.07 Å². The van der Waals surface area contributed by atoms with Gasteiger partial charge in [-0.1, -0.05) is 43.6 Å². The number of amides is 1. The lowest BCUT2D eigenvalue weighted by atomic mass is 10.0. The number of carbonyl (C=O) groups is 1. The summed E-state index contributed by atoms with van der Waals surface area (Å²) in [5.41, 5.74) is 7.44. The fraction of sp³-hybridized carbons (Fsp3) is 0.533. The molecular formula is C15H21BrN2O. The number of benzene rings is 1. The second kappa shape index (κ2) is 4.51. The predicted octanol–water partition coefficient (Wildman–Crippen LogP) is 3.44. The lowest BCUT2D eigenvalue weighted by molar-refractivity contribution is 0.0950. The maximum Gasteiger partial charge on any atom is 0.253 e. The molecule has 0 aliphatic heterocycles. The summed E-state index contributed by atoms with van der Waals surface area (Å²) in [7, 11) is 0. The topological polar surface area (TPSA) is 55.1 Å². The lowest BCUT2D eigenvalue weighted by Gasteiger charge is -2.09. The molecule has 3 N–H and O–H groups in total. The summed E-state index contributed by atoms with van der Waals surface area (Å²) in [6.07, 6.45) is 0. The van der Waals surface area contributed by atoms with Crippen LogP contribution in [0, 0.1) is 16.7 Å². The highest BCUT2D eigenvalue weighted by Gasteiger charge is 2.64. The van der Waals surface area contributed by atoms with Crippen molar-refractivity contribution < 1.29 is 4.79 Å². The molecule has 1 amide bonds. The maximum absolute atomic E-state index is 12.2. The molecule has 0 radical (unpaired) electrons. The van der Waals surface area contributed by atoms with Gasteiger partial charge in [-0.15, -0.1) is 0 Å². The van der Waals surface area contributed by atoms with Gasteiger partial charge in [0.2, 0.25) is 0 Å². The first-order valence-electron chi connectivity index (χ1n) is 6.51. The minimum absolute atomic E-state index is 0.0997. The molecule has 0 spiro atoms. The summed E-state index contributed by atoms with van der Waals surface area (Å²) >= 11 is 3.36. The first kappa shape index (κ1) is 14.4. The summed E-state index contributed by atoms with van der Waals surface area (Å²) in [5, 5.41) is 3.00. The summed E-state index contributed by atoms with van der Waals surface area (Å²) in [4.78, 5) is 12.2. The molecule has 1 saturated carbocycles. The lowest BCUT2D eigenvalue weighted by Crippen LogP contribution is -2.27. The van der Waals surface area contributed by atoms with Gasteiger partial charge in [0.15, 0.2) is 0 Å². The highest BCUT2D eigenvalue weighted by atomic mass is 79.9. The van der Waals surface area contributed by atoms with Crippen LogP contribution in [0.15, 0.2) is 22.7 Å². The third-order valence-corrected chi connectivity index (χ3v) is 5.54. The zero-order valence-electron chi connectivity index (χ0n) is 11.9. The normalized spacial score (nSPS) is 20.1. The van der Waals surface area contributed by atoms with Gasteiger partial charge < -0.3 is 11.1 Å². The average Bonchev–Trinajstić information content (AvgIpc) is 2.70. The number of hydrogen-bond donors (Lipinski definition) is 2. The summed E-state index contributed by atoms with van der Waals surface area (Å²) in [6, 6.07) is 5.33. The van der Waals surface area contributed by atoms with Gasteiger partial charge in [-0.25, -0.2) is 0 Å². The Hall–Kier alpha value is -1.03. The molecule has 19 heavy (non-hydrogen) atoms. The van der Waals surface area contributed by atoms with E-state index in [1.54, 1.807) is 12.1 Å². The standard InChI is InChI=1S/C15H21BrN2O/c1-14(2)12(15(14,3)4)8-18-13(19)10-7-9(16)5-6-11(10)17/h5-7,12H,8,17H2,1-4H3,(H,18,19). The fourth-order valence-corrected chi connectivity index (χ4v) is 3.22. The van der Waals surface area contributed by atoms with E-state index in [4.69, 9.17) is 5.73 Å². The van der Waals surface area contributed by atoms with Gasteiger partial charge in [0, 0.05) is 16.7 Å². The highest BCUT2D eigenvalue weighted by molar-refractivity contribution is 9.10. The molecule has 104 valence electrons. The van der Waals surface area contributed by atoms with Crippen LogP contribution in [0.25, 0.3) is 0 Å². The third kappa shape index (κ3) is 2.38. The minimum atomic E-state index is -0.0997. The molecule has 2 rings (SSSR count).